The summed E-state index contributed by atoms with van der Waals surface area (Å²) in [7, 11) is 4.19. The van der Waals surface area contributed by atoms with Gasteiger partial charge in [-0.15, -0.1) is 0 Å². The minimum Gasteiger partial charge on any atom is -0.392 e. The Balaban J connectivity index is 2.29. The number of hydrogen-bond acceptors (Lipinski definition) is 3. The smallest absolute Gasteiger partial charge is 0.0693 e. The van der Waals surface area contributed by atoms with Gasteiger partial charge in [0.15, 0.2) is 0 Å². The fourth-order valence-corrected chi connectivity index (χ4v) is 2.03. The lowest BCUT2D eigenvalue weighted by atomic mass is 10.1. The van der Waals surface area contributed by atoms with Gasteiger partial charge >= 0.3 is 0 Å². The lowest BCUT2D eigenvalue weighted by molar-refractivity contribution is 0.116. The maximum absolute atomic E-state index is 9.92. The second-order valence-corrected chi connectivity index (χ2v) is 5.03. The minimum absolute atomic E-state index is 0.137. The van der Waals surface area contributed by atoms with Gasteiger partial charge < -0.3 is 15.3 Å². The Morgan fingerprint density at radius 3 is 2.60 bits per heavy atom. The summed E-state index contributed by atoms with van der Waals surface area (Å²) in [5, 5.41) is 13.4. The number of aliphatic hydroxyl groups excluding tert-OH is 1. The van der Waals surface area contributed by atoms with Crippen LogP contribution < -0.4 is 5.32 Å². The Bertz CT molecular complexity index is 173. The van der Waals surface area contributed by atoms with Crippen LogP contribution in [0.1, 0.15) is 39.0 Å². The van der Waals surface area contributed by atoms with Gasteiger partial charge in [-0.1, -0.05) is 19.3 Å². The van der Waals surface area contributed by atoms with Crippen molar-refractivity contribution in [2.45, 2.75) is 57.2 Å². The summed E-state index contributed by atoms with van der Waals surface area (Å²) in [4.78, 5) is 2.20. The molecular formula is C12H26N2O. The van der Waals surface area contributed by atoms with Crippen molar-refractivity contribution in [3.8, 4) is 0 Å². The molecule has 1 rings (SSSR count). The van der Waals surface area contributed by atoms with Crippen LogP contribution in [0.3, 0.4) is 0 Å². The van der Waals surface area contributed by atoms with Crippen molar-refractivity contribution in [1.82, 2.24) is 10.2 Å². The summed E-state index contributed by atoms with van der Waals surface area (Å²) in [5.41, 5.74) is 0. The molecule has 0 bridgehead atoms. The molecule has 1 saturated carbocycles. The first kappa shape index (κ1) is 12.9. The summed E-state index contributed by atoms with van der Waals surface area (Å²) >= 11 is 0. The standard InChI is InChI=1S/C12H26N2O/c1-10(14(2)3)9-13-11-7-5-4-6-8-12(11)15/h10-13,15H,4-9H2,1-3H3. The Morgan fingerprint density at radius 1 is 1.27 bits per heavy atom. The van der Waals surface area contributed by atoms with Crippen LogP contribution in [-0.4, -0.2) is 48.8 Å². The van der Waals surface area contributed by atoms with Gasteiger partial charge in [0.1, 0.15) is 0 Å². The van der Waals surface area contributed by atoms with E-state index in [0.29, 0.717) is 12.1 Å². The zero-order chi connectivity index (χ0) is 11.3. The maximum Gasteiger partial charge on any atom is 0.0693 e. The number of nitrogens with zero attached hydrogens (tertiary/aromatic N) is 1. The molecule has 0 aliphatic heterocycles. The molecular weight excluding hydrogens is 188 g/mol. The molecule has 0 saturated heterocycles. The van der Waals surface area contributed by atoms with Crippen molar-refractivity contribution in [3.05, 3.63) is 0 Å². The van der Waals surface area contributed by atoms with E-state index in [9.17, 15) is 5.11 Å². The van der Waals surface area contributed by atoms with E-state index in [1.165, 1.54) is 19.3 Å². The summed E-state index contributed by atoms with van der Waals surface area (Å²) < 4.78 is 0. The van der Waals surface area contributed by atoms with Gasteiger partial charge in [-0.05, 0) is 33.9 Å². The fraction of sp³-hybridized carbons (Fsp3) is 1.00. The number of hydrogen-bond donors (Lipinski definition) is 2. The molecule has 1 aliphatic rings. The number of rotatable bonds is 4. The Labute approximate surface area is 93.9 Å². The first-order valence-corrected chi connectivity index (χ1v) is 6.19. The van der Waals surface area contributed by atoms with Crippen molar-refractivity contribution in [2.24, 2.45) is 0 Å². The lowest BCUT2D eigenvalue weighted by Gasteiger charge is -2.26. The molecule has 3 atom stereocenters. The molecule has 0 heterocycles. The van der Waals surface area contributed by atoms with Crippen LogP contribution in [0.25, 0.3) is 0 Å². The van der Waals surface area contributed by atoms with Crippen LogP contribution in [0.2, 0.25) is 0 Å². The van der Waals surface area contributed by atoms with Gasteiger partial charge in [0.05, 0.1) is 6.10 Å². The number of aliphatic hydroxyl groups is 1. The molecule has 0 amide bonds. The normalized spacial score (nSPS) is 30.2. The van der Waals surface area contributed by atoms with Crippen LogP contribution in [-0.2, 0) is 0 Å². The molecule has 90 valence electrons. The topological polar surface area (TPSA) is 35.5 Å². The van der Waals surface area contributed by atoms with Gasteiger partial charge in [-0.3, -0.25) is 0 Å². The van der Waals surface area contributed by atoms with Crippen molar-refractivity contribution in [1.29, 1.82) is 0 Å². The molecule has 15 heavy (non-hydrogen) atoms. The van der Waals surface area contributed by atoms with Crippen molar-refractivity contribution >= 4 is 0 Å². The van der Waals surface area contributed by atoms with Gasteiger partial charge in [-0.2, -0.15) is 0 Å². The quantitative estimate of drug-likeness (QED) is 0.691. The minimum atomic E-state index is -0.137. The predicted molar refractivity (Wildman–Crippen MR) is 64.0 cm³/mol. The van der Waals surface area contributed by atoms with Gasteiger partial charge in [-0.25, -0.2) is 0 Å². The molecule has 0 aromatic rings. The Hall–Kier alpha value is -0.120. The first-order chi connectivity index (χ1) is 7.11. The van der Waals surface area contributed by atoms with Crippen LogP contribution >= 0.6 is 0 Å². The third kappa shape index (κ3) is 4.49. The van der Waals surface area contributed by atoms with Crippen molar-refractivity contribution < 1.29 is 5.11 Å². The highest BCUT2D eigenvalue weighted by molar-refractivity contribution is 4.80. The van der Waals surface area contributed by atoms with Crippen molar-refractivity contribution in [3.63, 3.8) is 0 Å². The SMILES string of the molecule is CC(CNC1CCCCCC1O)N(C)C. The van der Waals surface area contributed by atoms with Crippen LogP contribution in [0.5, 0.6) is 0 Å². The van der Waals surface area contributed by atoms with Crippen LogP contribution in [0.15, 0.2) is 0 Å². The summed E-state index contributed by atoms with van der Waals surface area (Å²) in [5.74, 6) is 0. The average molecular weight is 214 g/mol. The Kier molecular flexibility index (Phi) is 5.58. The zero-order valence-electron chi connectivity index (χ0n) is 10.4. The highest BCUT2D eigenvalue weighted by Gasteiger charge is 2.21. The summed E-state index contributed by atoms with van der Waals surface area (Å²) in [6.07, 6.45) is 5.67. The molecule has 1 fully saturated rings. The molecule has 0 aromatic carbocycles. The second-order valence-electron chi connectivity index (χ2n) is 5.03. The van der Waals surface area contributed by atoms with E-state index >= 15 is 0 Å². The molecule has 3 heteroatoms. The van der Waals surface area contributed by atoms with E-state index in [1.807, 2.05) is 0 Å². The van der Waals surface area contributed by atoms with Gasteiger partial charge in [0, 0.05) is 18.6 Å². The van der Waals surface area contributed by atoms with E-state index in [4.69, 9.17) is 0 Å². The zero-order valence-corrected chi connectivity index (χ0v) is 10.4. The highest BCUT2D eigenvalue weighted by atomic mass is 16.3. The molecule has 0 aromatic heterocycles. The molecule has 3 unspecified atom stereocenters. The molecule has 0 spiro atoms. The van der Waals surface area contributed by atoms with E-state index < -0.39 is 0 Å². The first-order valence-electron chi connectivity index (χ1n) is 6.19. The molecule has 2 N–H and O–H groups in total. The van der Waals surface area contributed by atoms with Crippen molar-refractivity contribution in [2.75, 3.05) is 20.6 Å². The third-order valence-electron chi connectivity index (χ3n) is 3.54. The van der Waals surface area contributed by atoms with E-state index in [0.717, 1.165) is 19.4 Å². The highest BCUT2D eigenvalue weighted by Crippen LogP contribution is 2.17. The molecule has 1 aliphatic carbocycles. The Morgan fingerprint density at radius 2 is 1.93 bits per heavy atom. The van der Waals surface area contributed by atoms with Crippen LogP contribution in [0.4, 0.5) is 0 Å². The summed E-state index contributed by atoms with van der Waals surface area (Å²) in [6, 6.07) is 0.843. The number of nitrogens with one attached hydrogen (secondary N) is 1. The monoisotopic (exact) mass is 214 g/mol. The lowest BCUT2D eigenvalue weighted by Crippen LogP contribution is -2.45. The van der Waals surface area contributed by atoms with Crippen LogP contribution in [0, 0.1) is 0 Å². The third-order valence-corrected chi connectivity index (χ3v) is 3.54. The van der Waals surface area contributed by atoms with Gasteiger partial charge in [0.25, 0.3) is 0 Å². The predicted octanol–water partition coefficient (Wildman–Crippen LogP) is 1.22. The fourth-order valence-electron chi connectivity index (χ4n) is 2.03. The van der Waals surface area contributed by atoms with E-state index in [2.05, 4.69) is 31.2 Å². The van der Waals surface area contributed by atoms with Gasteiger partial charge in [0.2, 0.25) is 0 Å². The second kappa shape index (κ2) is 6.46. The largest absolute Gasteiger partial charge is 0.392 e. The van der Waals surface area contributed by atoms with E-state index in [1.54, 1.807) is 0 Å². The number of likely N-dealkylation sites (N-methyl/N-ethyl adjacent to an activating group) is 1. The molecule has 3 nitrogen and oxygen atoms in total. The summed E-state index contributed by atoms with van der Waals surface area (Å²) in [6.45, 7) is 3.17. The average Bonchev–Trinajstić information content (AvgIpc) is 2.39. The molecule has 0 radical (unpaired) electrons. The maximum atomic E-state index is 9.92. The van der Waals surface area contributed by atoms with E-state index in [-0.39, 0.29) is 6.10 Å².